The van der Waals surface area contributed by atoms with Crippen LogP contribution < -0.4 is 28.6 Å². The van der Waals surface area contributed by atoms with Crippen molar-refractivity contribution in [3.8, 4) is 42.7 Å². The first-order chi connectivity index (χ1) is 33.4. The number of fused-ring (bicyclic) bond motifs is 2. The van der Waals surface area contributed by atoms with E-state index in [1.807, 2.05) is 95.5 Å². The molecule has 324 valence electrons. The molecule has 5 nitrogen and oxygen atoms in total. The van der Waals surface area contributed by atoms with Gasteiger partial charge in [-0.1, -0.05) is 113 Å². The molecule has 0 amide bonds. The number of terminal acetylenes is 1. The Bertz CT molecular complexity index is 4300. The summed E-state index contributed by atoms with van der Waals surface area (Å²) in [6.45, 7) is 0. The van der Waals surface area contributed by atoms with Crippen molar-refractivity contribution >= 4 is 188 Å². The van der Waals surface area contributed by atoms with E-state index in [4.69, 9.17) is 32.7 Å². The van der Waals surface area contributed by atoms with Gasteiger partial charge in [0.25, 0.3) is 0 Å². The number of hydrogen-bond acceptors (Lipinski definition) is 17. The summed E-state index contributed by atoms with van der Waals surface area (Å²) < 4.78 is 18.3. The Morgan fingerprint density at radius 3 is 1.29 bits per heavy atom. The zero-order valence-corrected chi connectivity index (χ0v) is 44.2. The molecule has 0 saturated heterocycles. The van der Waals surface area contributed by atoms with Gasteiger partial charge in [0.05, 0.1) is 17.2 Å². The summed E-state index contributed by atoms with van der Waals surface area (Å²) in [7, 11) is 0. The molecule has 0 saturated carbocycles. The van der Waals surface area contributed by atoms with Crippen LogP contribution >= 0.6 is 139 Å². The molecule has 6 aromatic heterocycles. The molecule has 8 aromatic rings. The van der Waals surface area contributed by atoms with Gasteiger partial charge in [0.1, 0.15) is 47.1 Å². The van der Waals surface area contributed by atoms with Crippen LogP contribution in [0.3, 0.4) is 0 Å². The SMILES string of the molecule is C#C/C(C#N)=c1\ccc2c/c(=c3/ccc(=C4SC=CS4)s3)sc2c1.N#CC(C#N)=c1cc2s/c(=c3\ccc(=C4SC=CS4)s3)cc2s1.N#CC(C#N)=c1ccc(=c2ccc(=C3SC=CS3)s2)cc1. The average Bonchev–Trinajstić information content (AvgIpc) is 4.22. The van der Waals surface area contributed by atoms with Gasteiger partial charge in [-0.05, 0) is 104 Å². The summed E-state index contributed by atoms with van der Waals surface area (Å²) in [5.41, 5.74) is 0.718. The molecule has 0 N–H and O–H groups in total. The normalized spacial score (nSPS) is 14.8. The fraction of sp³-hybridized carbons (Fsp3) is 0. The highest BCUT2D eigenvalue weighted by Gasteiger charge is 2.08. The molecule has 0 bridgehead atoms. The number of thiophene rings is 6. The standard InChI is InChI=1S/C19H9NS4.C16H6N2S5.C16H8N2S3/c1-2-12(11-20)13-3-4-14-10-18(24-17(14)9-13)15-5-6-16(23-15)19-21-7-8-22-19;17-7-9(8-18)12-5-14-15(22-12)6-13(23-14)10-1-2-11(21-10)16-19-3-4-20-16;17-9-13(10-18)11-1-3-12(4-2-11)14-5-6-15(21-14)16-19-7-8-20-16/h1,3-10H;1-6H;1-8H/b13-12-,18-15+;13-10+;. The first kappa shape index (κ1) is 47.8. The lowest BCUT2D eigenvalue weighted by atomic mass is 10.1. The summed E-state index contributed by atoms with van der Waals surface area (Å²) in [6, 6.07) is 42.6. The first-order valence-corrected chi connectivity index (χ1v) is 29.7. The number of hydrogen-bond donors (Lipinski definition) is 0. The fourth-order valence-electron chi connectivity index (χ4n) is 6.39. The van der Waals surface area contributed by atoms with E-state index in [2.05, 4.69) is 93.0 Å². The Morgan fingerprint density at radius 1 is 0.353 bits per heavy atom. The quantitative estimate of drug-likeness (QED) is 0.135. The van der Waals surface area contributed by atoms with E-state index in [0.29, 0.717) is 10.8 Å². The number of benzene rings is 2. The molecule has 9 heterocycles. The van der Waals surface area contributed by atoms with Crippen LogP contribution in [-0.4, -0.2) is 0 Å². The summed E-state index contributed by atoms with van der Waals surface area (Å²) >= 11 is 21.0. The number of rotatable bonds is 0. The smallest absolute Gasteiger partial charge is 0.146 e. The minimum absolute atomic E-state index is 0.147. The maximum Gasteiger partial charge on any atom is 0.146 e. The highest BCUT2D eigenvalue weighted by molar-refractivity contribution is 8.35. The molecule has 0 radical (unpaired) electrons. The predicted molar refractivity (Wildman–Crippen MR) is 302 cm³/mol. The van der Waals surface area contributed by atoms with Crippen molar-refractivity contribution in [2.45, 2.75) is 0 Å². The Balaban J connectivity index is 0.000000128. The van der Waals surface area contributed by atoms with Gasteiger partial charge in [0, 0.05) is 60.8 Å². The van der Waals surface area contributed by atoms with E-state index >= 15 is 0 Å². The number of nitrogens with zero attached hydrogens (tertiary/aromatic N) is 5. The van der Waals surface area contributed by atoms with Gasteiger partial charge in [0.2, 0.25) is 0 Å². The lowest BCUT2D eigenvalue weighted by Gasteiger charge is -1.89. The molecule has 0 unspecified atom stereocenters. The second kappa shape index (κ2) is 22.4. The van der Waals surface area contributed by atoms with E-state index in [1.54, 1.807) is 105 Å². The maximum absolute atomic E-state index is 9.11. The van der Waals surface area contributed by atoms with Crippen molar-refractivity contribution in [2.24, 2.45) is 0 Å². The van der Waals surface area contributed by atoms with Crippen LogP contribution in [-0.2, 0) is 0 Å². The van der Waals surface area contributed by atoms with E-state index in [9.17, 15) is 0 Å². The topological polar surface area (TPSA) is 119 Å². The molecule has 0 fully saturated rings. The zero-order valence-electron chi connectivity index (χ0n) is 34.4. The lowest BCUT2D eigenvalue weighted by molar-refractivity contribution is 1.47. The van der Waals surface area contributed by atoms with Crippen molar-refractivity contribution in [3.63, 3.8) is 0 Å². The van der Waals surface area contributed by atoms with Crippen molar-refractivity contribution in [1.82, 2.24) is 0 Å². The lowest BCUT2D eigenvalue weighted by Crippen LogP contribution is -2.02. The Morgan fingerprint density at radius 2 is 0.794 bits per heavy atom. The molecule has 0 atom stereocenters. The fourth-order valence-corrected chi connectivity index (χ4v) is 19.0. The van der Waals surface area contributed by atoms with Gasteiger partial charge in [-0.3, -0.25) is 0 Å². The molecule has 3 aliphatic rings. The number of thioether (sulfide) groups is 6. The molecule has 0 aliphatic carbocycles. The van der Waals surface area contributed by atoms with Gasteiger partial charge in [0.15, 0.2) is 0 Å². The molecule has 11 rings (SSSR count). The van der Waals surface area contributed by atoms with Crippen LogP contribution in [0.1, 0.15) is 0 Å². The minimum Gasteiger partial charge on any atom is -0.192 e. The van der Waals surface area contributed by atoms with Crippen molar-refractivity contribution in [2.75, 3.05) is 0 Å². The van der Waals surface area contributed by atoms with Gasteiger partial charge in [-0.2, -0.15) is 26.3 Å². The Hall–Kier alpha value is -5.29. The first-order valence-electron chi connectivity index (χ1n) is 19.5. The number of nitriles is 5. The molecule has 68 heavy (non-hydrogen) atoms. The van der Waals surface area contributed by atoms with Crippen LogP contribution in [0.25, 0.3) is 48.9 Å². The molecule has 2 aromatic carbocycles. The van der Waals surface area contributed by atoms with Crippen molar-refractivity contribution in [1.29, 1.82) is 26.3 Å². The van der Waals surface area contributed by atoms with Gasteiger partial charge >= 0.3 is 0 Å². The molecular weight excluding hydrogens is 1070 g/mol. The van der Waals surface area contributed by atoms with Crippen LogP contribution in [0.5, 0.6) is 0 Å². The third kappa shape index (κ3) is 10.8. The Kier molecular flexibility index (Phi) is 15.8. The molecule has 17 heteroatoms. The summed E-state index contributed by atoms with van der Waals surface area (Å²) in [5.74, 6) is 2.45. The largest absolute Gasteiger partial charge is 0.192 e. The maximum atomic E-state index is 9.11. The summed E-state index contributed by atoms with van der Waals surface area (Å²) in [5, 5.41) is 61.2. The monoisotopic (exact) mass is 1090 g/mol. The average molecular weight is 1090 g/mol. The van der Waals surface area contributed by atoms with E-state index in [1.165, 1.54) is 65.7 Å². The van der Waals surface area contributed by atoms with Crippen LogP contribution in [0, 0.1) is 96.9 Å². The third-order valence-electron chi connectivity index (χ3n) is 9.55. The predicted octanol–water partition coefficient (Wildman–Crippen LogP) is 12.4. The molecule has 0 spiro atoms. The van der Waals surface area contributed by atoms with Crippen LogP contribution in [0.4, 0.5) is 0 Å². The minimum atomic E-state index is 0.147. The van der Waals surface area contributed by atoms with E-state index in [-0.39, 0.29) is 11.1 Å². The molecule has 3 aliphatic heterocycles. The van der Waals surface area contributed by atoms with Gasteiger partial charge < -0.3 is 0 Å². The Labute approximate surface area is 437 Å². The highest BCUT2D eigenvalue weighted by atomic mass is 32.2. The zero-order chi connectivity index (χ0) is 47.0. The highest BCUT2D eigenvalue weighted by Crippen LogP contribution is 2.40. The summed E-state index contributed by atoms with van der Waals surface area (Å²) in [6.07, 6.45) is 5.40. The van der Waals surface area contributed by atoms with Crippen molar-refractivity contribution in [3.05, 3.63) is 186 Å². The van der Waals surface area contributed by atoms with E-state index < -0.39 is 0 Å². The summed E-state index contributed by atoms with van der Waals surface area (Å²) in [4.78, 5) is 0. The second-order valence-electron chi connectivity index (χ2n) is 13.6. The third-order valence-corrected chi connectivity index (χ3v) is 24.0. The van der Waals surface area contributed by atoms with Gasteiger partial charge in [-0.15, -0.1) is 74.4 Å². The van der Waals surface area contributed by atoms with Crippen molar-refractivity contribution < 1.29 is 0 Å². The van der Waals surface area contributed by atoms with Gasteiger partial charge in [-0.25, -0.2) is 0 Å². The van der Waals surface area contributed by atoms with E-state index in [0.717, 1.165) is 29.1 Å². The second-order valence-corrected chi connectivity index (χ2v) is 26.4. The van der Waals surface area contributed by atoms with Crippen LogP contribution in [0.2, 0.25) is 0 Å². The van der Waals surface area contributed by atoms with Crippen LogP contribution in [0.15, 0.2) is 130 Å². The molecular formula is C51H23N5S12.